The molecule has 9 nitrogen and oxygen atoms in total. The number of fused-ring (bicyclic) bond motifs is 1. The first-order valence-corrected chi connectivity index (χ1v) is 9.02. The molecule has 0 atom stereocenters. The van der Waals surface area contributed by atoms with E-state index in [4.69, 9.17) is 23.7 Å². The van der Waals surface area contributed by atoms with E-state index in [0.29, 0.717) is 28.6 Å². The number of carbonyl (C=O) groups is 3. The van der Waals surface area contributed by atoms with Crippen LogP contribution in [-0.4, -0.2) is 45.3 Å². The van der Waals surface area contributed by atoms with Crippen LogP contribution >= 0.6 is 0 Å². The summed E-state index contributed by atoms with van der Waals surface area (Å²) in [5.74, 6) is 0.445. The van der Waals surface area contributed by atoms with Crippen LogP contribution in [-0.2, 0) is 20.7 Å². The summed E-state index contributed by atoms with van der Waals surface area (Å²) in [4.78, 5) is 36.2. The lowest BCUT2D eigenvalue weighted by molar-refractivity contribution is -0.146. The van der Waals surface area contributed by atoms with Gasteiger partial charge in [-0.05, 0) is 30.7 Å². The molecule has 0 spiro atoms. The van der Waals surface area contributed by atoms with Crippen LogP contribution in [0.5, 0.6) is 23.0 Å². The number of ether oxygens (including phenoxy) is 5. The molecule has 0 saturated carbocycles. The lowest BCUT2D eigenvalue weighted by Crippen LogP contribution is -2.22. The van der Waals surface area contributed by atoms with Crippen LogP contribution in [0.15, 0.2) is 30.3 Å². The van der Waals surface area contributed by atoms with E-state index in [-0.39, 0.29) is 30.2 Å². The first-order chi connectivity index (χ1) is 14.4. The minimum atomic E-state index is -0.588. The standard InChI is InChI=1S/C21H21NO8/c1-12(23)14-8-18-19(30-11-29-18)9-15(14)22-20(24)10-28-21(25)7-13-4-5-16(26-2)17(6-13)27-3/h4-6,8-9H,7,10-11H2,1-3H3,(H,22,24). The number of amides is 1. The Kier molecular flexibility index (Phi) is 6.41. The molecule has 0 bridgehead atoms. The second-order valence-electron chi connectivity index (χ2n) is 6.38. The largest absolute Gasteiger partial charge is 0.493 e. The summed E-state index contributed by atoms with van der Waals surface area (Å²) in [7, 11) is 3.01. The van der Waals surface area contributed by atoms with Crippen LogP contribution < -0.4 is 24.3 Å². The highest BCUT2D eigenvalue weighted by Crippen LogP contribution is 2.37. The molecule has 0 saturated heterocycles. The Balaban J connectivity index is 1.58. The van der Waals surface area contributed by atoms with E-state index in [1.165, 1.54) is 33.3 Å². The number of carbonyl (C=O) groups excluding carboxylic acids is 3. The van der Waals surface area contributed by atoms with Gasteiger partial charge in [-0.25, -0.2) is 0 Å². The van der Waals surface area contributed by atoms with E-state index >= 15 is 0 Å². The average molecular weight is 415 g/mol. The zero-order valence-corrected chi connectivity index (χ0v) is 16.8. The van der Waals surface area contributed by atoms with Gasteiger partial charge in [0.05, 0.1) is 26.3 Å². The maximum absolute atomic E-state index is 12.2. The van der Waals surface area contributed by atoms with Gasteiger partial charge in [0.1, 0.15) is 0 Å². The maximum Gasteiger partial charge on any atom is 0.310 e. The number of anilines is 1. The molecular formula is C21H21NO8. The van der Waals surface area contributed by atoms with Crippen LogP contribution in [0.2, 0.25) is 0 Å². The van der Waals surface area contributed by atoms with E-state index in [2.05, 4.69) is 5.32 Å². The highest BCUT2D eigenvalue weighted by atomic mass is 16.7. The summed E-state index contributed by atoms with van der Waals surface area (Å²) < 4.78 is 25.9. The summed E-state index contributed by atoms with van der Waals surface area (Å²) in [6, 6.07) is 8.04. The summed E-state index contributed by atoms with van der Waals surface area (Å²) in [5.41, 5.74) is 1.17. The molecule has 2 aromatic carbocycles. The molecule has 9 heteroatoms. The molecule has 0 aromatic heterocycles. The van der Waals surface area contributed by atoms with Crippen molar-refractivity contribution in [2.45, 2.75) is 13.3 Å². The zero-order valence-electron chi connectivity index (χ0n) is 16.8. The SMILES string of the molecule is COc1ccc(CC(=O)OCC(=O)Nc2cc3c(cc2C(C)=O)OCO3)cc1OC. The second kappa shape index (κ2) is 9.17. The molecule has 1 aliphatic rings. The molecule has 1 heterocycles. The maximum atomic E-state index is 12.2. The lowest BCUT2D eigenvalue weighted by Gasteiger charge is -2.11. The number of Topliss-reactive ketones (excluding diaryl/α,β-unsaturated/α-hetero) is 1. The third-order valence-electron chi connectivity index (χ3n) is 4.33. The summed E-state index contributed by atoms with van der Waals surface area (Å²) in [6.45, 7) is 0.909. The molecule has 3 rings (SSSR count). The van der Waals surface area contributed by atoms with E-state index in [0.717, 1.165) is 0 Å². The fraction of sp³-hybridized carbons (Fsp3) is 0.286. The highest BCUT2D eigenvalue weighted by molar-refractivity contribution is 6.05. The van der Waals surface area contributed by atoms with Crippen molar-refractivity contribution in [3.05, 3.63) is 41.5 Å². The van der Waals surface area contributed by atoms with Gasteiger partial charge in [-0.3, -0.25) is 14.4 Å². The molecule has 0 fully saturated rings. The van der Waals surface area contributed by atoms with Crippen molar-refractivity contribution in [3.8, 4) is 23.0 Å². The van der Waals surface area contributed by atoms with Gasteiger partial charge in [0.2, 0.25) is 6.79 Å². The average Bonchev–Trinajstić information content (AvgIpc) is 3.19. The molecule has 0 unspecified atom stereocenters. The van der Waals surface area contributed by atoms with Crippen LogP contribution in [0.1, 0.15) is 22.8 Å². The van der Waals surface area contributed by atoms with Gasteiger partial charge >= 0.3 is 5.97 Å². The molecule has 0 aliphatic carbocycles. The van der Waals surface area contributed by atoms with Crippen molar-refractivity contribution in [3.63, 3.8) is 0 Å². The third kappa shape index (κ3) is 4.80. The Hall–Kier alpha value is -3.75. The van der Waals surface area contributed by atoms with Crippen molar-refractivity contribution in [2.24, 2.45) is 0 Å². The normalized spacial score (nSPS) is 11.6. The Morgan fingerprint density at radius 2 is 1.70 bits per heavy atom. The summed E-state index contributed by atoms with van der Waals surface area (Å²) in [5, 5.41) is 2.57. The highest BCUT2D eigenvalue weighted by Gasteiger charge is 2.21. The predicted molar refractivity (Wildman–Crippen MR) is 105 cm³/mol. The number of hydrogen-bond acceptors (Lipinski definition) is 8. The number of ketones is 1. The molecule has 1 N–H and O–H groups in total. The Labute approximate surface area is 172 Å². The smallest absolute Gasteiger partial charge is 0.310 e. The molecule has 1 amide bonds. The minimum absolute atomic E-state index is 0.0395. The number of rotatable bonds is 8. The number of hydrogen-bond donors (Lipinski definition) is 1. The van der Waals surface area contributed by atoms with E-state index in [1.807, 2.05) is 0 Å². The van der Waals surface area contributed by atoms with Crippen molar-refractivity contribution in [1.82, 2.24) is 0 Å². The van der Waals surface area contributed by atoms with E-state index < -0.39 is 18.5 Å². The van der Waals surface area contributed by atoms with Gasteiger partial charge in [-0.1, -0.05) is 6.07 Å². The van der Waals surface area contributed by atoms with Gasteiger partial charge < -0.3 is 29.0 Å². The molecule has 1 aliphatic heterocycles. The Morgan fingerprint density at radius 1 is 1.00 bits per heavy atom. The van der Waals surface area contributed by atoms with Crippen molar-refractivity contribution in [1.29, 1.82) is 0 Å². The van der Waals surface area contributed by atoms with Crippen molar-refractivity contribution in [2.75, 3.05) is 32.9 Å². The molecule has 30 heavy (non-hydrogen) atoms. The van der Waals surface area contributed by atoms with Gasteiger partial charge in [-0.15, -0.1) is 0 Å². The Bertz CT molecular complexity index is 985. The number of nitrogens with one attached hydrogen (secondary N) is 1. The predicted octanol–water partition coefficient (Wildman–Crippen LogP) is 2.36. The first-order valence-electron chi connectivity index (χ1n) is 9.02. The van der Waals surface area contributed by atoms with Gasteiger partial charge in [0.25, 0.3) is 5.91 Å². The van der Waals surface area contributed by atoms with Gasteiger partial charge in [0.15, 0.2) is 35.4 Å². The monoisotopic (exact) mass is 415 g/mol. The molecule has 158 valence electrons. The van der Waals surface area contributed by atoms with Crippen LogP contribution in [0.25, 0.3) is 0 Å². The second-order valence-corrected chi connectivity index (χ2v) is 6.38. The fourth-order valence-corrected chi connectivity index (χ4v) is 2.88. The van der Waals surface area contributed by atoms with Crippen LogP contribution in [0.3, 0.4) is 0 Å². The van der Waals surface area contributed by atoms with E-state index in [9.17, 15) is 14.4 Å². The third-order valence-corrected chi connectivity index (χ3v) is 4.33. The van der Waals surface area contributed by atoms with Crippen molar-refractivity contribution >= 4 is 23.3 Å². The van der Waals surface area contributed by atoms with E-state index in [1.54, 1.807) is 18.2 Å². The lowest BCUT2D eigenvalue weighted by atomic mass is 10.1. The first kappa shape index (κ1) is 21.0. The molecule has 2 aromatic rings. The summed E-state index contributed by atoms with van der Waals surface area (Å²) in [6.07, 6.45) is -0.0453. The molecule has 0 radical (unpaired) electrons. The topological polar surface area (TPSA) is 109 Å². The fourth-order valence-electron chi connectivity index (χ4n) is 2.88. The Morgan fingerprint density at radius 3 is 2.37 bits per heavy atom. The number of methoxy groups -OCH3 is 2. The van der Waals surface area contributed by atoms with Crippen molar-refractivity contribution < 1.29 is 38.1 Å². The quantitative estimate of drug-likeness (QED) is 0.517. The van der Waals surface area contributed by atoms with Crippen LogP contribution in [0, 0.1) is 0 Å². The van der Waals surface area contributed by atoms with Gasteiger partial charge in [0, 0.05) is 11.6 Å². The van der Waals surface area contributed by atoms with Crippen LogP contribution in [0.4, 0.5) is 5.69 Å². The minimum Gasteiger partial charge on any atom is -0.493 e. The number of benzene rings is 2. The number of esters is 1. The van der Waals surface area contributed by atoms with Gasteiger partial charge in [-0.2, -0.15) is 0 Å². The zero-order chi connectivity index (χ0) is 21.7. The molecular weight excluding hydrogens is 394 g/mol. The summed E-state index contributed by atoms with van der Waals surface area (Å²) >= 11 is 0.